The van der Waals surface area contributed by atoms with Gasteiger partial charge in [0, 0.05) is 0 Å². The third-order valence-electron chi connectivity index (χ3n) is 2.78. The second-order valence-electron chi connectivity index (χ2n) is 4.01. The van der Waals surface area contributed by atoms with Crippen molar-refractivity contribution in [3.8, 4) is 23.0 Å². The number of methoxy groups -OCH3 is 2. The molecule has 21 heavy (non-hydrogen) atoms. The number of benzene rings is 2. The zero-order chi connectivity index (χ0) is 15.4. The second-order valence-corrected chi connectivity index (χ2v) is 4.42. The van der Waals surface area contributed by atoms with Gasteiger partial charge in [0.15, 0.2) is 11.5 Å². The number of hydrogen-bond acceptors (Lipinski definition) is 4. The number of rotatable bonds is 5. The molecule has 0 bridgehead atoms. The van der Waals surface area contributed by atoms with E-state index < -0.39 is 5.97 Å². The molecule has 5 nitrogen and oxygen atoms in total. The summed E-state index contributed by atoms with van der Waals surface area (Å²) >= 11 is 5.91. The van der Waals surface area contributed by atoms with E-state index in [2.05, 4.69) is 0 Å². The third-order valence-corrected chi connectivity index (χ3v) is 3.10. The summed E-state index contributed by atoms with van der Waals surface area (Å²) < 4.78 is 16.1. The minimum absolute atomic E-state index is 0.0915. The molecule has 0 aliphatic carbocycles. The molecule has 6 heteroatoms. The summed E-state index contributed by atoms with van der Waals surface area (Å²) in [6.07, 6.45) is 0. The van der Waals surface area contributed by atoms with E-state index in [9.17, 15) is 9.90 Å². The van der Waals surface area contributed by atoms with Crippen LogP contribution in [0, 0.1) is 0 Å². The van der Waals surface area contributed by atoms with E-state index in [0.717, 1.165) is 0 Å². The molecule has 0 amide bonds. The van der Waals surface area contributed by atoms with Crippen LogP contribution in [-0.2, 0) is 0 Å². The van der Waals surface area contributed by atoms with Crippen molar-refractivity contribution >= 4 is 17.6 Å². The Balaban J connectivity index is 2.53. The maximum atomic E-state index is 11.3. The fraction of sp³-hybridized carbons (Fsp3) is 0.133. The lowest BCUT2D eigenvalue weighted by molar-refractivity contribution is 0.0694. The van der Waals surface area contributed by atoms with Gasteiger partial charge < -0.3 is 19.3 Å². The Bertz CT molecular complexity index is 647. The van der Waals surface area contributed by atoms with Gasteiger partial charge >= 0.3 is 5.97 Å². The van der Waals surface area contributed by atoms with Gasteiger partial charge in [-0.2, -0.15) is 0 Å². The minimum atomic E-state index is -1.18. The molecule has 0 fully saturated rings. The standard InChI is InChI=1S/C15H13ClO5/c1-19-11-7-4-8-12(20-2)14(11)21-10-6-3-5-9(16)13(10)15(17)18/h3-8H,1-2H3,(H,17,18). The van der Waals surface area contributed by atoms with Crippen LogP contribution in [-0.4, -0.2) is 25.3 Å². The van der Waals surface area contributed by atoms with Gasteiger partial charge in [-0.3, -0.25) is 0 Å². The highest BCUT2D eigenvalue weighted by molar-refractivity contribution is 6.33. The van der Waals surface area contributed by atoms with E-state index in [1.807, 2.05) is 0 Å². The van der Waals surface area contributed by atoms with E-state index >= 15 is 0 Å². The average Bonchev–Trinajstić information content (AvgIpc) is 2.47. The first-order chi connectivity index (χ1) is 10.1. The highest BCUT2D eigenvalue weighted by Crippen LogP contribution is 2.41. The molecule has 0 heterocycles. The molecule has 0 spiro atoms. The Morgan fingerprint density at radius 1 is 1.00 bits per heavy atom. The van der Waals surface area contributed by atoms with Crippen molar-refractivity contribution < 1.29 is 24.1 Å². The lowest BCUT2D eigenvalue weighted by Crippen LogP contribution is -2.02. The molecular formula is C15H13ClO5. The van der Waals surface area contributed by atoms with Crippen LogP contribution in [0.5, 0.6) is 23.0 Å². The summed E-state index contributed by atoms with van der Waals surface area (Å²) in [6.45, 7) is 0. The highest BCUT2D eigenvalue weighted by atomic mass is 35.5. The van der Waals surface area contributed by atoms with Gasteiger partial charge in [0.05, 0.1) is 19.2 Å². The zero-order valence-corrected chi connectivity index (χ0v) is 12.2. The van der Waals surface area contributed by atoms with Gasteiger partial charge in [0.25, 0.3) is 0 Å². The van der Waals surface area contributed by atoms with Crippen molar-refractivity contribution in [3.63, 3.8) is 0 Å². The number of ether oxygens (including phenoxy) is 3. The predicted molar refractivity (Wildman–Crippen MR) is 78.0 cm³/mol. The molecule has 0 aliphatic heterocycles. The van der Waals surface area contributed by atoms with Crippen molar-refractivity contribution in [2.45, 2.75) is 0 Å². The predicted octanol–water partition coefficient (Wildman–Crippen LogP) is 3.85. The van der Waals surface area contributed by atoms with Gasteiger partial charge in [-0.15, -0.1) is 0 Å². The molecule has 0 unspecified atom stereocenters. The number of para-hydroxylation sites is 1. The van der Waals surface area contributed by atoms with Crippen molar-refractivity contribution in [1.29, 1.82) is 0 Å². The molecule has 2 aromatic rings. The lowest BCUT2D eigenvalue weighted by Gasteiger charge is -2.15. The van der Waals surface area contributed by atoms with E-state index in [0.29, 0.717) is 11.5 Å². The zero-order valence-electron chi connectivity index (χ0n) is 11.4. The summed E-state index contributed by atoms with van der Waals surface area (Å²) in [5, 5.41) is 9.34. The normalized spacial score (nSPS) is 10.0. The van der Waals surface area contributed by atoms with Gasteiger partial charge in [-0.1, -0.05) is 23.7 Å². The van der Waals surface area contributed by atoms with E-state index in [1.54, 1.807) is 24.3 Å². The SMILES string of the molecule is COc1cccc(OC)c1Oc1cccc(Cl)c1C(=O)O. The summed E-state index contributed by atoms with van der Waals surface area (Å²) in [5.41, 5.74) is -0.118. The lowest BCUT2D eigenvalue weighted by atomic mass is 10.2. The van der Waals surface area contributed by atoms with Crippen molar-refractivity contribution in [2.24, 2.45) is 0 Å². The Morgan fingerprint density at radius 2 is 1.52 bits per heavy atom. The minimum Gasteiger partial charge on any atom is -0.493 e. The van der Waals surface area contributed by atoms with Crippen LogP contribution in [0.4, 0.5) is 0 Å². The maximum absolute atomic E-state index is 11.3. The van der Waals surface area contributed by atoms with Crippen LogP contribution >= 0.6 is 11.6 Å². The fourth-order valence-electron chi connectivity index (χ4n) is 1.82. The van der Waals surface area contributed by atoms with Gasteiger partial charge in [0.2, 0.25) is 5.75 Å². The van der Waals surface area contributed by atoms with E-state index in [4.69, 9.17) is 25.8 Å². The number of carboxylic acid groups (broad SMARTS) is 1. The Morgan fingerprint density at radius 3 is 2.05 bits per heavy atom. The first-order valence-electron chi connectivity index (χ1n) is 5.99. The molecule has 0 saturated carbocycles. The second kappa shape index (κ2) is 6.37. The first-order valence-corrected chi connectivity index (χ1v) is 6.37. The average molecular weight is 309 g/mol. The van der Waals surface area contributed by atoms with Crippen LogP contribution in [0.1, 0.15) is 10.4 Å². The molecule has 0 aliphatic rings. The third kappa shape index (κ3) is 3.03. The van der Waals surface area contributed by atoms with Crippen molar-refractivity contribution in [3.05, 3.63) is 47.0 Å². The molecular weight excluding hydrogens is 296 g/mol. The largest absolute Gasteiger partial charge is 0.493 e. The topological polar surface area (TPSA) is 65.0 Å². The van der Waals surface area contributed by atoms with E-state index in [1.165, 1.54) is 26.4 Å². The highest BCUT2D eigenvalue weighted by Gasteiger charge is 2.19. The van der Waals surface area contributed by atoms with Gasteiger partial charge in [-0.25, -0.2) is 4.79 Å². The van der Waals surface area contributed by atoms with Crippen LogP contribution in [0.3, 0.4) is 0 Å². The van der Waals surface area contributed by atoms with Gasteiger partial charge in [0.1, 0.15) is 11.3 Å². The Labute approximate surface area is 126 Å². The first kappa shape index (κ1) is 15.0. The molecule has 2 aromatic carbocycles. The number of aromatic carboxylic acids is 1. The monoisotopic (exact) mass is 308 g/mol. The number of carbonyl (C=O) groups is 1. The quantitative estimate of drug-likeness (QED) is 0.909. The Kier molecular flexibility index (Phi) is 4.55. The van der Waals surface area contributed by atoms with Crippen LogP contribution < -0.4 is 14.2 Å². The molecule has 0 aromatic heterocycles. The van der Waals surface area contributed by atoms with Crippen LogP contribution in [0.2, 0.25) is 5.02 Å². The van der Waals surface area contributed by atoms with E-state index in [-0.39, 0.29) is 22.1 Å². The molecule has 2 rings (SSSR count). The number of halogens is 1. The molecule has 1 N–H and O–H groups in total. The van der Waals surface area contributed by atoms with Crippen LogP contribution in [0.25, 0.3) is 0 Å². The molecule has 0 saturated heterocycles. The van der Waals surface area contributed by atoms with Gasteiger partial charge in [-0.05, 0) is 24.3 Å². The van der Waals surface area contributed by atoms with Crippen molar-refractivity contribution in [2.75, 3.05) is 14.2 Å². The molecule has 110 valence electrons. The summed E-state index contributed by atoms with van der Waals surface area (Å²) in [7, 11) is 2.97. The molecule has 0 atom stereocenters. The summed E-state index contributed by atoms with van der Waals surface area (Å²) in [5.74, 6) is 0.0610. The smallest absolute Gasteiger partial charge is 0.341 e. The van der Waals surface area contributed by atoms with Crippen molar-refractivity contribution in [1.82, 2.24) is 0 Å². The maximum Gasteiger partial charge on any atom is 0.341 e. The number of hydrogen-bond donors (Lipinski definition) is 1. The molecule has 0 radical (unpaired) electrons. The Hall–Kier alpha value is -2.40. The fourth-order valence-corrected chi connectivity index (χ4v) is 2.07. The summed E-state index contributed by atoms with van der Waals surface area (Å²) in [4.78, 5) is 11.3. The number of carboxylic acids is 1. The van der Waals surface area contributed by atoms with Crippen LogP contribution in [0.15, 0.2) is 36.4 Å². The summed E-state index contributed by atoms with van der Waals surface area (Å²) in [6, 6.07) is 9.71.